The molecule has 6 heteroatoms. The summed E-state index contributed by atoms with van der Waals surface area (Å²) in [4.78, 5) is 0. The first-order valence-corrected chi connectivity index (χ1v) is 6.18. The van der Waals surface area contributed by atoms with Crippen LogP contribution < -0.4 is 0 Å². The minimum absolute atomic E-state index is 0.186. The van der Waals surface area contributed by atoms with Crippen LogP contribution >= 0.6 is 0 Å². The van der Waals surface area contributed by atoms with E-state index in [1.165, 1.54) is 0 Å². The molecule has 3 N–H and O–H groups in total. The zero-order valence-electron chi connectivity index (χ0n) is 10.1. The summed E-state index contributed by atoms with van der Waals surface area (Å²) < 4.78 is 16.3. The van der Waals surface area contributed by atoms with E-state index in [0.29, 0.717) is 0 Å². The van der Waals surface area contributed by atoms with Crippen LogP contribution in [0.5, 0.6) is 0 Å². The van der Waals surface area contributed by atoms with Crippen molar-refractivity contribution in [3.63, 3.8) is 0 Å². The van der Waals surface area contributed by atoms with Gasteiger partial charge < -0.3 is 29.5 Å². The highest BCUT2D eigenvalue weighted by Crippen LogP contribution is 2.33. The number of ether oxygens (including phenoxy) is 3. The Balaban J connectivity index is 1.75. The van der Waals surface area contributed by atoms with Crippen molar-refractivity contribution < 1.29 is 29.5 Å². The van der Waals surface area contributed by atoms with Crippen LogP contribution in [0.4, 0.5) is 0 Å². The van der Waals surface area contributed by atoms with Gasteiger partial charge in [-0.05, 0) is 0 Å². The molecule has 2 aliphatic heterocycles. The molecule has 0 aliphatic carbocycles. The van der Waals surface area contributed by atoms with Crippen molar-refractivity contribution in [2.75, 3.05) is 6.61 Å². The first-order chi connectivity index (χ1) is 9.16. The van der Waals surface area contributed by atoms with Gasteiger partial charge >= 0.3 is 0 Å². The zero-order valence-corrected chi connectivity index (χ0v) is 10.1. The van der Waals surface area contributed by atoms with Crippen molar-refractivity contribution in [2.45, 2.75) is 37.0 Å². The molecule has 0 amide bonds. The maximum Gasteiger partial charge on any atom is 0.184 e. The highest BCUT2D eigenvalue weighted by Gasteiger charge is 2.48. The summed E-state index contributed by atoms with van der Waals surface area (Å²) >= 11 is 0. The van der Waals surface area contributed by atoms with Crippen molar-refractivity contribution in [3.8, 4) is 0 Å². The fourth-order valence-corrected chi connectivity index (χ4v) is 2.37. The summed E-state index contributed by atoms with van der Waals surface area (Å²) in [5, 5.41) is 29.0. The van der Waals surface area contributed by atoms with Crippen molar-refractivity contribution >= 4 is 0 Å². The van der Waals surface area contributed by atoms with Gasteiger partial charge in [0.25, 0.3) is 0 Å². The molecule has 6 atom stereocenters. The molecule has 6 nitrogen and oxygen atoms in total. The molecule has 1 aromatic rings. The largest absolute Gasteiger partial charge is 0.387 e. The molecule has 19 heavy (non-hydrogen) atoms. The number of hydrogen-bond donors (Lipinski definition) is 3. The van der Waals surface area contributed by atoms with Crippen LogP contribution in [-0.4, -0.2) is 52.6 Å². The standard InChI is InChI=1S/C13H16O6/c14-9-10(15)12(16)18-8-6-17-13(19-11(8)9)7-4-2-1-3-5-7/h1-5,8-16H,6H2/t8-,9?,10-,11-,12+,13?/m1/s1. The van der Waals surface area contributed by atoms with Gasteiger partial charge in [-0.3, -0.25) is 0 Å². The summed E-state index contributed by atoms with van der Waals surface area (Å²) in [7, 11) is 0. The third kappa shape index (κ3) is 2.38. The Kier molecular flexibility index (Phi) is 3.53. The average molecular weight is 268 g/mol. The first kappa shape index (κ1) is 13.0. The fraction of sp³-hybridized carbons (Fsp3) is 0.538. The molecular weight excluding hydrogens is 252 g/mol. The number of aliphatic hydroxyl groups excluding tert-OH is 3. The Morgan fingerprint density at radius 1 is 0.947 bits per heavy atom. The monoisotopic (exact) mass is 268 g/mol. The van der Waals surface area contributed by atoms with Crippen LogP contribution in [0.3, 0.4) is 0 Å². The molecule has 2 saturated heterocycles. The Morgan fingerprint density at radius 3 is 2.42 bits per heavy atom. The summed E-state index contributed by atoms with van der Waals surface area (Å²) in [5.74, 6) is 0. The maximum absolute atomic E-state index is 9.94. The number of hydrogen-bond acceptors (Lipinski definition) is 6. The third-order valence-corrected chi connectivity index (χ3v) is 3.42. The van der Waals surface area contributed by atoms with E-state index in [9.17, 15) is 15.3 Å². The average Bonchev–Trinajstić information content (AvgIpc) is 2.46. The summed E-state index contributed by atoms with van der Waals surface area (Å²) in [6.07, 6.45) is -5.93. The zero-order chi connectivity index (χ0) is 13.4. The molecular formula is C13H16O6. The van der Waals surface area contributed by atoms with E-state index in [1.807, 2.05) is 30.3 Å². The van der Waals surface area contributed by atoms with Crippen LogP contribution in [0.1, 0.15) is 11.9 Å². The number of aliphatic hydroxyl groups is 3. The van der Waals surface area contributed by atoms with E-state index < -0.39 is 37.0 Å². The molecule has 104 valence electrons. The first-order valence-electron chi connectivity index (χ1n) is 6.18. The maximum atomic E-state index is 9.94. The second kappa shape index (κ2) is 5.16. The third-order valence-electron chi connectivity index (χ3n) is 3.42. The highest BCUT2D eigenvalue weighted by molar-refractivity contribution is 5.16. The van der Waals surface area contributed by atoms with E-state index in [4.69, 9.17) is 14.2 Å². The molecule has 1 aromatic carbocycles. The fourth-order valence-electron chi connectivity index (χ4n) is 2.37. The molecule has 0 saturated carbocycles. The summed E-state index contributed by atoms with van der Waals surface area (Å²) in [5.41, 5.74) is 0.828. The molecule has 2 aliphatic rings. The lowest BCUT2D eigenvalue weighted by molar-refractivity contribution is -0.354. The Hall–Kier alpha value is -1.02. The normalized spacial score (nSPS) is 42.7. The predicted octanol–water partition coefficient (Wildman–Crippen LogP) is -0.460. The van der Waals surface area contributed by atoms with Gasteiger partial charge in [-0.1, -0.05) is 30.3 Å². The molecule has 3 rings (SSSR count). The van der Waals surface area contributed by atoms with Crippen molar-refractivity contribution in [1.82, 2.24) is 0 Å². The molecule has 0 spiro atoms. The second-order valence-corrected chi connectivity index (χ2v) is 4.72. The van der Waals surface area contributed by atoms with Gasteiger partial charge in [0, 0.05) is 5.56 Å². The molecule has 0 radical (unpaired) electrons. The van der Waals surface area contributed by atoms with Gasteiger partial charge in [0.1, 0.15) is 24.4 Å². The molecule has 2 fully saturated rings. The number of fused-ring (bicyclic) bond motifs is 1. The van der Waals surface area contributed by atoms with Crippen LogP contribution in [0.25, 0.3) is 0 Å². The van der Waals surface area contributed by atoms with Crippen molar-refractivity contribution in [1.29, 1.82) is 0 Å². The van der Waals surface area contributed by atoms with Crippen molar-refractivity contribution in [2.24, 2.45) is 0 Å². The summed E-state index contributed by atoms with van der Waals surface area (Å²) in [6.45, 7) is 0.186. The minimum Gasteiger partial charge on any atom is -0.387 e. The van der Waals surface area contributed by atoms with Crippen molar-refractivity contribution in [3.05, 3.63) is 35.9 Å². The lowest BCUT2D eigenvalue weighted by Gasteiger charge is -2.45. The molecule has 0 bridgehead atoms. The van der Waals surface area contributed by atoms with Crippen LogP contribution in [-0.2, 0) is 14.2 Å². The SMILES string of the molecule is OC1[C@@H](O)[C@@H](O)O[C@@H]2COC(c3ccccc3)O[C@@H]12. The minimum atomic E-state index is -1.42. The van der Waals surface area contributed by atoms with Gasteiger partial charge in [0.15, 0.2) is 12.6 Å². The summed E-state index contributed by atoms with van der Waals surface area (Å²) in [6, 6.07) is 9.31. The Morgan fingerprint density at radius 2 is 1.68 bits per heavy atom. The van der Waals surface area contributed by atoms with Gasteiger partial charge in [-0.2, -0.15) is 0 Å². The predicted molar refractivity (Wildman–Crippen MR) is 62.9 cm³/mol. The molecule has 2 unspecified atom stereocenters. The van der Waals surface area contributed by atoms with E-state index in [0.717, 1.165) is 5.56 Å². The number of rotatable bonds is 1. The Labute approximate surface area is 110 Å². The lowest BCUT2D eigenvalue weighted by Crippen LogP contribution is -2.61. The Bertz CT molecular complexity index is 422. The van der Waals surface area contributed by atoms with Crippen LogP contribution in [0.2, 0.25) is 0 Å². The molecule has 2 heterocycles. The van der Waals surface area contributed by atoms with E-state index in [2.05, 4.69) is 0 Å². The van der Waals surface area contributed by atoms with Gasteiger partial charge in [-0.25, -0.2) is 0 Å². The van der Waals surface area contributed by atoms with Crippen LogP contribution in [0, 0.1) is 0 Å². The van der Waals surface area contributed by atoms with Gasteiger partial charge in [-0.15, -0.1) is 0 Å². The topological polar surface area (TPSA) is 88.4 Å². The van der Waals surface area contributed by atoms with E-state index in [1.54, 1.807) is 0 Å². The number of benzene rings is 1. The van der Waals surface area contributed by atoms with Gasteiger partial charge in [0.05, 0.1) is 6.61 Å². The smallest absolute Gasteiger partial charge is 0.184 e. The lowest BCUT2D eigenvalue weighted by atomic mass is 9.98. The van der Waals surface area contributed by atoms with Crippen LogP contribution in [0.15, 0.2) is 30.3 Å². The van der Waals surface area contributed by atoms with Gasteiger partial charge in [0.2, 0.25) is 0 Å². The highest BCUT2D eigenvalue weighted by atomic mass is 16.7. The second-order valence-electron chi connectivity index (χ2n) is 4.72. The van der Waals surface area contributed by atoms with E-state index >= 15 is 0 Å². The quantitative estimate of drug-likeness (QED) is 0.639. The molecule has 0 aromatic heterocycles. The van der Waals surface area contributed by atoms with E-state index in [-0.39, 0.29) is 6.61 Å².